The van der Waals surface area contributed by atoms with Crippen LogP contribution in [0.15, 0.2) is 0 Å². The van der Waals surface area contributed by atoms with Gasteiger partial charge in [0.05, 0.1) is 13.2 Å². The second-order valence-electron chi connectivity index (χ2n) is 5.79. The average Bonchev–Trinajstić information content (AvgIpc) is 2.46. The minimum Gasteiger partial charge on any atom is -0.383 e. The number of methoxy groups -OCH3 is 1. The lowest BCUT2D eigenvalue weighted by atomic mass is 9.92. The maximum absolute atomic E-state index is 11.8. The van der Waals surface area contributed by atoms with Gasteiger partial charge in [0.25, 0.3) is 0 Å². The monoisotopic (exact) mass is 321 g/mol. The fourth-order valence-corrected chi connectivity index (χ4v) is 2.74. The number of halogens is 1. The zero-order valence-electron chi connectivity index (χ0n) is 13.8. The van der Waals surface area contributed by atoms with Gasteiger partial charge in [0.2, 0.25) is 5.91 Å². The smallest absolute Gasteiger partial charge is 0.236 e. The van der Waals surface area contributed by atoms with Gasteiger partial charge in [0, 0.05) is 26.7 Å². The molecule has 1 aliphatic heterocycles. The van der Waals surface area contributed by atoms with E-state index in [1.54, 1.807) is 7.11 Å². The van der Waals surface area contributed by atoms with E-state index >= 15 is 0 Å². The number of carbonyl (C=O) groups is 1. The number of amides is 1. The first-order valence-electron chi connectivity index (χ1n) is 7.77. The van der Waals surface area contributed by atoms with E-state index in [1.165, 1.54) is 12.8 Å². The highest BCUT2D eigenvalue weighted by atomic mass is 35.5. The molecule has 0 aliphatic carbocycles. The molecule has 21 heavy (non-hydrogen) atoms. The predicted molar refractivity (Wildman–Crippen MR) is 89.1 cm³/mol. The van der Waals surface area contributed by atoms with Crippen LogP contribution >= 0.6 is 12.4 Å². The van der Waals surface area contributed by atoms with Crippen molar-refractivity contribution in [2.24, 2.45) is 5.92 Å². The molecule has 5 nitrogen and oxygen atoms in total. The summed E-state index contributed by atoms with van der Waals surface area (Å²) < 4.78 is 5.08. The van der Waals surface area contributed by atoms with Crippen molar-refractivity contribution >= 4 is 18.3 Å². The van der Waals surface area contributed by atoms with Crippen molar-refractivity contribution in [3.8, 4) is 0 Å². The van der Waals surface area contributed by atoms with Crippen molar-refractivity contribution in [3.63, 3.8) is 0 Å². The molecule has 1 aliphatic rings. The molecular formula is C15H32ClN3O2. The number of hydrogen-bond donors (Lipinski definition) is 1. The quantitative estimate of drug-likeness (QED) is 0.693. The molecule has 0 atom stereocenters. The first-order valence-corrected chi connectivity index (χ1v) is 7.77. The molecule has 0 saturated carbocycles. The zero-order chi connectivity index (χ0) is 14.8. The Kier molecular flexibility index (Phi) is 12.0. The number of hydrogen-bond acceptors (Lipinski definition) is 4. The van der Waals surface area contributed by atoms with Crippen LogP contribution < -0.4 is 5.32 Å². The Labute approximate surface area is 135 Å². The van der Waals surface area contributed by atoms with E-state index in [4.69, 9.17) is 4.74 Å². The van der Waals surface area contributed by atoms with E-state index in [2.05, 4.69) is 17.3 Å². The van der Waals surface area contributed by atoms with Crippen molar-refractivity contribution < 1.29 is 9.53 Å². The SMILES string of the molecule is CNCC(=O)N1CCC(CCCN(C)CCOC)CC1.Cl. The number of likely N-dealkylation sites (N-methyl/N-ethyl adjacent to an activating group) is 2. The Balaban J connectivity index is 0.00000400. The van der Waals surface area contributed by atoms with Crippen molar-refractivity contribution in [1.29, 1.82) is 0 Å². The van der Waals surface area contributed by atoms with E-state index in [0.717, 1.165) is 51.5 Å². The third-order valence-electron chi connectivity index (χ3n) is 4.12. The summed E-state index contributed by atoms with van der Waals surface area (Å²) in [4.78, 5) is 16.1. The number of ether oxygens (including phenoxy) is 1. The average molecular weight is 322 g/mol. The van der Waals surface area contributed by atoms with Gasteiger partial charge in [-0.3, -0.25) is 4.79 Å². The van der Waals surface area contributed by atoms with Crippen LogP contribution in [0.4, 0.5) is 0 Å². The zero-order valence-corrected chi connectivity index (χ0v) is 14.6. The van der Waals surface area contributed by atoms with Crippen LogP contribution in [0.3, 0.4) is 0 Å². The lowest BCUT2D eigenvalue weighted by Crippen LogP contribution is -2.42. The van der Waals surface area contributed by atoms with E-state index in [0.29, 0.717) is 6.54 Å². The molecule has 126 valence electrons. The van der Waals surface area contributed by atoms with Gasteiger partial charge in [-0.1, -0.05) is 0 Å². The molecule has 0 bridgehead atoms. The number of likely N-dealkylation sites (tertiary alicyclic amines) is 1. The van der Waals surface area contributed by atoms with Crippen molar-refractivity contribution in [2.45, 2.75) is 25.7 Å². The summed E-state index contributed by atoms with van der Waals surface area (Å²) in [5.74, 6) is 1.04. The summed E-state index contributed by atoms with van der Waals surface area (Å²) in [6, 6.07) is 0. The molecule has 0 aromatic rings. The van der Waals surface area contributed by atoms with Crippen LogP contribution in [0.2, 0.25) is 0 Å². The lowest BCUT2D eigenvalue weighted by Gasteiger charge is -2.32. The van der Waals surface area contributed by atoms with Gasteiger partial charge in [0.1, 0.15) is 0 Å². The van der Waals surface area contributed by atoms with Crippen LogP contribution in [0.25, 0.3) is 0 Å². The first-order chi connectivity index (χ1) is 9.67. The number of piperidine rings is 1. The Morgan fingerprint density at radius 2 is 2.00 bits per heavy atom. The standard InChI is InChI=1S/C15H31N3O2.ClH/c1-16-13-15(19)18-9-6-14(7-10-18)5-4-8-17(2)11-12-20-3;/h14,16H,4-13H2,1-3H3;1H. The van der Waals surface area contributed by atoms with Crippen molar-refractivity contribution in [1.82, 2.24) is 15.1 Å². The van der Waals surface area contributed by atoms with Gasteiger partial charge in [-0.05, 0) is 52.2 Å². The van der Waals surface area contributed by atoms with Crippen LogP contribution in [-0.4, -0.2) is 76.2 Å². The highest BCUT2D eigenvalue weighted by Gasteiger charge is 2.21. The molecule has 6 heteroatoms. The summed E-state index contributed by atoms with van der Waals surface area (Å²) in [5, 5.41) is 2.93. The van der Waals surface area contributed by atoms with Gasteiger partial charge in [-0.25, -0.2) is 0 Å². The normalized spacial score (nSPS) is 16.1. The van der Waals surface area contributed by atoms with Crippen LogP contribution in [0, 0.1) is 5.92 Å². The highest BCUT2D eigenvalue weighted by Crippen LogP contribution is 2.21. The summed E-state index contributed by atoms with van der Waals surface area (Å²) in [6.07, 6.45) is 4.86. The maximum Gasteiger partial charge on any atom is 0.236 e. The minimum atomic E-state index is 0. The van der Waals surface area contributed by atoms with Crippen LogP contribution in [0.5, 0.6) is 0 Å². The Morgan fingerprint density at radius 1 is 1.33 bits per heavy atom. The molecule has 1 amide bonds. The summed E-state index contributed by atoms with van der Waals surface area (Å²) in [5.41, 5.74) is 0. The van der Waals surface area contributed by atoms with Gasteiger partial charge >= 0.3 is 0 Å². The molecule has 0 spiro atoms. The summed E-state index contributed by atoms with van der Waals surface area (Å²) in [7, 11) is 5.72. The highest BCUT2D eigenvalue weighted by molar-refractivity contribution is 5.85. The fraction of sp³-hybridized carbons (Fsp3) is 0.933. The lowest BCUT2D eigenvalue weighted by molar-refractivity contribution is -0.131. The molecule has 1 saturated heterocycles. The number of carbonyl (C=O) groups excluding carboxylic acids is 1. The number of nitrogens with zero attached hydrogens (tertiary/aromatic N) is 2. The van der Waals surface area contributed by atoms with Gasteiger partial charge in [-0.2, -0.15) is 0 Å². The minimum absolute atomic E-state index is 0. The van der Waals surface area contributed by atoms with Crippen molar-refractivity contribution in [2.75, 3.05) is 60.5 Å². The molecule has 0 unspecified atom stereocenters. The van der Waals surface area contributed by atoms with Gasteiger partial charge in [0.15, 0.2) is 0 Å². The van der Waals surface area contributed by atoms with E-state index in [-0.39, 0.29) is 18.3 Å². The molecule has 1 heterocycles. The first kappa shape index (κ1) is 20.6. The van der Waals surface area contributed by atoms with Gasteiger partial charge in [-0.15, -0.1) is 12.4 Å². The second-order valence-corrected chi connectivity index (χ2v) is 5.79. The van der Waals surface area contributed by atoms with E-state index < -0.39 is 0 Å². The largest absolute Gasteiger partial charge is 0.383 e. The van der Waals surface area contributed by atoms with Crippen LogP contribution in [0.1, 0.15) is 25.7 Å². The predicted octanol–water partition coefficient (Wildman–Crippen LogP) is 1.22. The number of nitrogens with one attached hydrogen (secondary N) is 1. The van der Waals surface area contributed by atoms with Gasteiger partial charge < -0.3 is 19.9 Å². The molecule has 1 rings (SSSR count). The summed E-state index contributed by atoms with van der Waals surface area (Å²) in [6.45, 7) is 5.29. The summed E-state index contributed by atoms with van der Waals surface area (Å²) >= 11 is 0. The molecular weight excluding hydrogens is 290 g/mol. The van der Waals surface area contributed by atoms with Crippen molar-refractivity contribution in [3.05, 3.63) is 0 Å². The molecule has 0 aromatic heterocycles. The van der Waals surface area contributed by atoms with E-state index in [1.807, 2.05) is 11.9 Å². The third-order valence-corrected chi connectivity index (χ3v) is 4.12. The Hall–Kier alpha value is -0.360. The second kappa shape index (κ2) is 12.2. The van der Waals surface area contributed by atoms with Crippen LogP contribution in [-0.2, 0) is 9.53 Å². The Bertz CT molecular complexity index is 272. The number of rotatable bonds is 9. The maximum atomic E-state index is 11.8. The topological polar surface area (TPSA) is 44.8 Å². The fourth-order valence-electron chi connectivity index (χ4n) is 2.74. The Morgan fingerprint density at radius 3 is 2.57 bits per heavy atom. The molecule has 1 fully saturated rings. The molecule has 0 aromatic carbocycles. The third kappa shape index (κ3) is 8.61. The molecule has 0 radical (unpaired) electrons. The molecule has 1 N–H and O–H groups in total. The van der Waals surface area contributed by atoms with E-state index in [9.17, 15) is 4.79 Å².